The van der Waals surface area contributed by atoms with Gasteiger partial charge in [-0.3, -0.25) is 24.0 Å². The van der Waals surface area contributed by atoms with Crippen LogP contribution in [0.4, 0.5) is 11.4 Å². The summed E-state index contributed by atoms with van der Waals surface area (Å²) in [6, 6.07) is 15.2. The Kier molecular flexibility index (Phi) is 10.4. The normalized spacial score (nSPS) is 22.3. The highest BCUT2D eigenvalue weighted by Gasteiger charge is 2.53. The molecule has 258 valence electrons. The summed E-state index contributed by atoms with van der Waals surface area (Å²) in [5.41, 5.74) is 4.20. The number of rotatable bonds is 10. The maximum Gasteiger partial charge on any atom is 0.303 e. The van der Waals surface area contributed by atoms with Crippen LogP contribution >= 0.6 is 0 Å². The van der Waals surface area contributed by atoms with Crippen molar-refractivity contribution in [3.05, 3.63) is 71.5 Å². The summed E-state index contributed by atoms with van der Waals surface area (Å²) >= 11 is 0. The zero-order chi connectivity index (χ0) is 35.4. The van der Waals surface area contributed by atoms with Gasteiger partial charge in [0.25, 0.3) is 5.91 Å². The van der Waals surface area contributed by atoms with E-state index in [2.05, 4.69) is 10.3 Å². The molecule has 15 heteroatoms. The summed E-state index contributed by atoms with van der Waals surface area (Å²) in [7, 11) is 3.91. The minimum absolute atomic E-state index is 0.0258. The molecule has 0 bridgehead atoms. The maximum atomic E-state index is 13.8. The van der Waals surface area contributed by atoms with Gasteiger partial charge in [-0.05, 0) is 29.8 Å². The maximum absolute atomic E-state index is 13.8. The first-order valence-electron chi connectivity index (χ1n) is 15.4. The average molecular weight is 676 g/mol. The standard InChI is InChI=1S/C34H37N5O10/c1-19(40)45-18-29-30(46-20(2)41)31(47-21(3)42)32(48-22(4)43)34(49-29)39-17-24(35-36-39)16-38-28-10-8-7-9-26(28)27(33(38)44)15-23-11-13-25(14-12-23)37(5)6/h7-15,17,29-32,34H,16,18H2,1-6H3/b27-15-/t29-,30-,31+,32-,34-/m1/s1. The number of hydrogen-bond donors (Lipinski definition) is 0. The number of ether oxygens (including phenoxy) is 5. The van der Waals surface area contributed by atoms with Crippen LogP contribution in [0.2, 0.25) is 0 Å². The fourth-order valence-electron chi connectivity index (χ4n) is 5.73. The highest BCUT2D eigenvalue weighted by Crippen LogP contribution is 2.39. The lowest BCUT2D eigenvalue weighted by molar-refractivity contribution is -0.270. The fraction of sp³-hybridized carbons (Fsp3) is 0.382. The molecule has 0 unspecified atom stereocenters. The minimum Gasteiger partial charge on any atom is -0.463 e. The molecule has 2 aliphatic heterocycles. The summed E-state index contributed by atoms with van der Waals surface area (Å²) in [6.45, 7) is 4.26. The highest BCUT2D eigenvalue weighted by molar-refractivity contribution is 6.35. The third-order valence-electron chi connectivity index (χ3n) is 7.79. The van der Waals surface area contributed by atoms with Gasteiger partial charge in [-0.1, -0.05) is 35.5 Å². The Hall–Kier alpha value is -5.57. The molecule has 1 fully saturated rings. The van der Waals surface area contributed by atoms with E-state index in [1.165, 1.54) is 17.8 Å². The molecule has 0 radical (unpaired) electrons. The highest BCUT2D eigenvalue weighted by atomic mass is 16.7. The number of anilines is 2. The van der Waals surface area contributed by atoms with Crippen molar-refractivity contribution in [1.82, 2.24) is 15.0 Å². The van der Waals surface area contributed by atoms with Crippen LogP contribution in [0.5, 0.6) is 0 Å². The minimum atomic E-state index is -1.37. The molecule has 5 rings (SSSR count). The van der Waals surface area contributed by atoms with Crippen molar-refractivity contribution in [2.24, 2.45) is 0 Å². The van der Waals surface area contributed by atoms with E-state index >= 15 is 0 Å². The Morgan fingerprint density at radius 1 is 0.857 bits per heavy atom. The lowest BCUT2D eigenvalue weighted by Gasteiger charge is -2.44. The number of nitrogens with zero attached hydrogens (tertiary/aromatic N) is 5. The van der Waals surface area contributed by atoms with Gasteiger partial charge >= 0.3 is 23.9 Å². The van der Waals surface area contributed by atoms with E-state index in [0.29, 0.717) is 17.0 Å². The van der Waals surface area contributed by atoms with Gasteiger partial charge in [0.1, 0.15) is 18.4 Å². The topological polar surface area (TPSA) is 169 Å². The van der Waals surface area contributed by atoms with Crippen LogP contribution in [0.3, 0.4) is 0 Å². The number of fused-ring (bicyclic) bond motifs is 1. The van der Waals surface area contributed by atoms with Gasteiger partial charge in [0.2, 0.25) is 0 Å². The number of amides is 1. The molecule has 3 aromatic rings. The van der Waals surface area contributed by atoms with E-state index in [9.17, 15) is 24.0 Å². The zero-order valence-corrected chi connectivity index (χ0v) is 27.9. The van der Waals surface area contributed by atoms with Crippen molar-refractivity contribution in [3.63, 3.8) is 0 Å². The number of para-hydroxylation sites is 1. The second-order valence-electron chi connectivity index (χ2n) is 11.7. The summed E-state index contributed by atoms with van der Waals surface area (Å²) in [6.07, 6.45) is -3.14. The zero-order valence-electron chi connectivity index (χ0n) is 27.9. The van der Waals surface area contributed by atoms with Crippen LogP contribution in [0, 0.1) is 0 Å². The number of benzene rings is 2. The second-order valence-corrected chi connectivity index (χ2v) is 11.7. The molecule has 0 spiro atoms. The molecule has 2 aliphatic rings. The van der Waals surface area contributed by atoms with Crippen molar-refractivity contribution in [2.75, 3.05) is 30.5 Å². The molecule has 1 amide bonds. The molecule has 15 nitrogen and oxygen atoms in total. The third-order valence-corrected chi connectivity index (χ3v) is 7.79. The molecule has 0 aliphatic carbocycles. The van der Waals surface area contributed by atoms with E-state index in [4.69, 9.17) is 23.7 Å². The number of aromatic nitrogens is 3. The number of hydrogen-bond acceptors (Lipinski definition) is 13. The van der Waals surface area contributed by atoms with Crippen LogP contribution in [-0.4, -0.2) is 89.9 Å². The van der Waals surface area contributed by atoms with Gasteiger partial charge < -0.3 is 33.5 Å². The quantitative estimate of drug-likeness (QED) is 0.175. The van der Waals surface area contributed by atoms with Gasteiger partial charge in [-0.15, -0.1) is 5.10 Å². The molecule has 1 aromatic heterocycles. The number of carbonyl (C=O) groups excluding carboxylic acids is 5. The van der Waals surface area contributed by atoms with E-state index < -0.39 is 54.5 Å². The molecular weight excluding hydrogens is 638 g/mol. The Labute approximate surface area is 282 Å². The number of carbonyl (C=O) groups is 5. The predicted octanol–water partition coefficient (Wildman–Crippen LogP) is 2.69. The van der Waals surface area contributed by atoms with E-state index in [-0.39, 0.29) is 19.1 Å². The summed E-state index contributed by atoms with van der Waals surface area (Å²) in [5, 5.41) is 8.46. The van der Waals surface area contributed by atoms with Crippen molar-refractivity contribution in [1.29, 1.82) is 0 Å². The first-order chi connectivity index (χ1) is 23.3. The Morgan fingerprint density at radius 2 is 1.49 bits per heavy atom. The Morgan fingerprint density at radius 3 is 2.12 bits per heavy atom. The SMILES string of the molecule is CC(=O)OC[C@H]1O[C@@H](n2cc(CN3C(=O)/C(=C\c4ccc(N(C)C)cc4)c4ccccc43)nn2)[C@H](OC(C)=O)[C@@H](OC(C)=O)[C@@H]1OC(C)=O. The van der Waals surface area contributed by atoms with Crippen LogP contribution in [-0.2, 0) is 54.2 Å². The first kappa shape index (κ1) is 34.8. The van der Waals surface area contributed by atoms with E-state index in [0.717, 1.165) is 37.6 Å². The Bertz CT molecular complexity index is 1770. The van der Waals surface area contributed by atoms with Crippen LogP contribution in [0.15, 0.2) is 54.7 Å². The largest absolute Gasteiger partial charge is 0.463 e. The summed E-state index contributed by atoms with van der Waals surface area (Å²) in [5.74, 6) is -3.11. The molecule has 49 heavy (non-hydrogen) atoms. The fourth-order valence-corrected chi connectivity index (χ4v) is 5.73. The average Bonchev–Trinajstić information content (AvgIpc) is 3.60. The van der Waals surface area contributed by atoms with Crippen molar-refractivity contribution in [2.45, 2.75) is 64.9 Å². The van der Waals surface area contributed by atoms with Gasteiger partial charge in [0.15, 0.2) is 24.5 Å². The lowest BCUT2D eigenvalue weighted by atomic mass is 9.97. The van der Waals surface area contributed by atoms with Gasteiger partial charge in [0, 0.05) is 58.6 Å². The molecular formula is C34H37N5O10. The van der Waals surface area contributed by atoms with Crippen molar-refractivity contribution in [3.8, 4) is 0 Å². The van der Waals surface area contributed by atoms with Gasteiger partial charge in [-0.25, -0.2) is 4.68 Å². The molecule has 1 saturated heterocycles. The van der Waals surface area contributed by atoms with Crippen molar-refractivity contribution >= 4 is 52.8 Å². The predicted molar refractivity (Wildman–Crippen MR) is 173 cm³/mol. The smallest absolute Gasteiger partial charge is 0.303 e. The van der Waals surface area contributed by atoms with Crippen LogP contribution in [0.1, 0.15) is 50.7 Å². The van der Waals surface area contributed by atoms with Crippen LogP contribution < -0.4 is 9.80 Å². The molecule has 3 heterocycles. The molecule has 2 aromatic carbocycles. The monoisotopic (exact) mass is 675 g/mol. The summed E-state index contributed by atoms with van der Waals surface area (Å²) in [4.78, 5) is 65.6. The molecule has 0 N–H and O–H groups in total. The third kappa shape index (κ3) is 7.95. The van der Waals surface area contributed by atoms with Crippen molar-refractivity contribution < 1.29 is 47.7 Å². The molecule has 0 saturated carbocycles. The summed E-state index contributed by atoms with van der Waals surface area (Å²) < 4.78 is 29.1. The van der Waals surface area contributed by atoms with Gasteiger partial charge in [-0.2, -0.15) is 0 Å². The number of esters is 4. The lowest BCUT2D eigenvalue weighted by Crippen LogP contribution is -2.60. The second kappa shape index (κ2) is 14.7. The first-order valence-corrected chi connectivity index (χ1v) is 15.4. The van der Waals surface area contributed by atoms with Gasteiger partial charge in [0.05, 0.1) is 18.4 Å². The van der Waals surface area contributed by atoms with E-state index in [1.54, 1.807) is 4.90 Å². The Balaban J connectivity index is 1.46. The van der Waals surface area contributed by atoms with E-state index in [1.807, 2.05) is 73.6 Å². The van der Waals surface area contributed by atoms with Crippen LogP contribution in [0.25, 0.3) is 11.6 Å². The molecule has 5 atom stereocenters.